The molecule has 19 heavy (non-hydrogen) atoms. The van der Waals surface area contributed by atoms with Crippen molar-refractivity contribution in [2.45, 2.75) is 51.5 Å². The summed E-state index contributed by atoms with van der Waals surface area (Å²) in [6.07, 6.45) is 4.95. The zero-order valence-electron chi connectivity index (χ0n) is 12.4. The molecule has 0 amide bonds. The van der Waals surface area contributed by atoms with E-state index < -0.39 is 0 Å². The van der Waals surface area contributed by atoms with Crippen LogP contribution in [-0.2, 0) is 0 Å². The molecule has 0 spiro atoms. The van der Waals surface area contributed by atoms with Crippen LogP contribution in [0.1, 0.15) is 51.0 Å². The molecule has 1 aromatic carbocycles. The molecule has 0 radical (unpaired) electrons. The number of benzene rings is 1. The van der Waals surface area contributed by atoms with Gasteiger partial charge in [-0.15, -0.1) is 6.58 Å². The van der Waals surface area contributed by atoms with Crippen molar-refractivity contribution in [2.24, 2.45) is 5.92 Å². The van der Waals surface area contributed by atoms with Gasteiger partial charge in [0.05, 0.1) is 0 Å². The summed E-state index contributed by atoms with van der Waals surface area (Å²) in [6.45, 7) is 9.55. The Balaban J connectivity index is 1.91. The van der Waals surface area contributed by atoms with E-state index in [0.29, 0.717) is 6.04 Å². The van der Waals surface area contributed by atoms with E-state index in [1.165, 1.54) is 30.4 Å². The summed E-state index contributed by atoms with van der Waals surface area (Å²) in [4.78, 5) is 0. The predicted octanol–water partition coefficient (Wildman–Crippen LogP) is 4.51. The third-order valence-electron chi connectivity index (χ3n) is 4.12. The van der Waals surface area contributed by atoms with Gasteiger partial charge in [0, 0.05) is 6.04 Å². The Kier molecular flexibility index (Phi) is 5.21. The first-order valence-electron chi connectivity index (χ1n) is 7.65. The largest absolute Gasteiger partial charge is 0.314 e. The third-order valence-corrected chi connectivity index (χ3v) is 4.12. The lowest BCUT2D eigenvalue weighted by atomic mass is 9.99. The molecule has 3 atom stereocenters. The minimum absolute atomic E-state index is 0.668. The van der Waals surface area contributed by atoms with Crippen LogP contribution in [0.25, 0.3) is 0 Å². The van der Waals surface area contributed by atoms with Crippen LogP contribution in [0.3, 0.4) is 0 Å². The quantitative estimate of drug-likeness (QED) is 0.675. The molecule has 2 rings (SSSR count). The fraction of sp³-hybridized carbons (Fsp3) is 0.556. The molecule has 1 aliphatic rings. The fourth-order valence-corrected chi connectivity index (χ4v) is 2.94. The predicted molar refractivity (Wildman–Crippen MR) is 83.4 cm³/mol. The zero-order chi connectivity index (χ0) is 13.7. The van der Waals surface area contributed by atoms with Gasteiger partial charge in [0.1, 0.15) is 0 Å². The molecule has 0 saturated heterocycles. The van der Waals surface area contributed by atoms with Gasteiger partial charge in [-0.1, -0.05) is 42.8 Å². The van der Waals surface area contributed by atoms with Crippen molar-refractivity contribution in [2.75, 3.05) is 6.54 Å². The second kappa shape index (κ2) is 6.91. The number of allylic oxidation sites excluding steroid dienone is 1. The first kappa shape index (κ1) is 14.3. The molecule has 3 unspecified atom stereocenters. The smallest absolute Gasteiger partial charge is 0.0104 e. The molecule has 0 aromatic heterocycles. The van der Waals surface area contributed by atoms with Crippen LogP contribution in [-0.4, -0.2) is 12.6 Å². The highest BCUT2D eigenvalue weighted by molar-refractivity contribution is 5.26. The van der Waals surface area contributed by atoms with Gasteiger partial charge in [-0.2, -0.15) is 0 Å². The molecule has 0 aliphatic heterocycles. The number of nitrogens with one attached hydrogen (secondary N) is 1. The molecule has 1 aliphatic carbocycles. The van der Waals surface area contributed by atoms with Crippen molar-refractivity contribution < 1.29 is 0 Å². The van der Waals surface area contributed by atoms with Gasteiger partial charge < -0.3 is 5.32 Å². The molecular weight excluding hydrogens is 230 g/mol. The van der Waals surface area contributed by atoms with E-state index in [-0.39, 0.29) is 0 Å². The van der Waals surface area contributed by atoms with Crippen LogP contribution in [0.4, 0.5) is 0 Å². The van der Waals surface area contributed by atoms with Gasteiger partial charge in [0.2, 0.25) is 0 Å². The van der Waals surface area contributed by atoms with E-state index in [1.807, 2.05) is 0 Å². The zero-order valence-corrected chi connectivity index (χ0v) is 12.4. The van der Waals surface area contributed by atoms with E-state index >= 15 is 0 Å². The van der Waals surface area contributed by atoms with E-state index in [2.05, 4.69) is 56.1 Å². The molecule has 1 heteroatoms. The van der Waals surface area contributed by atoms with Crippen LogP contribution in [0, 0.1) is 5.92 Å². The Labute approximate surface area is 118 Å². The maximum Gasteiger partial charge on any atom is 0.0104 e. The van der Waals surface area contributed by atoms with Gasteiger partial charge in [0.15, 0.2) is 0 Å². The molecule has 1 saturated carbocycles. The average molecular weight is 257 g/mol. The molecule has 1 nitrogen and oxygen atoms in total. The van der Waals surface area contributed by atoms with Gasteiger partial charge in [-0.05, 0) is 56.6 Å². The number of hydrogen-bond acceptors (Lipinski definition) is 1. The van der Waals surface area contributed by atoms with Crippen molar-refractivity contribution in [3.05, 3.63) is 48.0 Å². The van der Waals surface area contributed by atoms with E-state index in [0.717, 1.165) is 24.8 Å². The Bertz CT molecular complexity index is 395. The maximum atomic E-state index is 4.04. The fourth-order valence-electron chi connectivity index (χ4n) is 2.94. The van der Waals surface area contributed by atoms with Crippen molar-refractivity contribution in [3.63, 3.8) is 0 Å². The summed E-state index contributed by atoms with van der Waals surface area (Å²) < 4.78 is 0. The van der Waals surface area contributed by atoms with Gasteiger partial charge >= 0.3 is 0 Å². The molecule has 1 N–H and O–H groups in total. The lowest BCUT2D eigenvalue weighted by molar-refractivity contribution is 0.429. The van der Waals surface area contributed by atoms with Crippen LogP contribution < -0.4 is 5.32 Å². The first-order chi connectivity index (χ1) is 9.22. The molecule has 0 heterocycles. The molecule has 1 fully saturated rings. The minimum atomic E-state index is 0.668. The standard InChI is InChI=1S/C18H27N/c1-4-12-19-18(11-10-14(2)3)17-13-16(17)15-8-6-5-7-9-15/h5-9,16-19H,2,4,10-13H2,1,3H3. The van der Waals surface area contributed by atoms with Crippen LogP contribution >= 0.6 is 0 Å². The Morgan fingerprint density at radius 1 is 1.37 bits per heavy atom. The SMILES string of the molecule is C=C(C)CCC(NCCC)C1CC1c1ccccc1. The van der Waals surface area contributed by atoms with Crippen LogP contribution in [0.2, 0.25) is 0 Å². The highest BCUT2D eigenvalue weighted by atomic mass is 14.9. The third kappa shape index (κ3) is 4.21. The topological polar surface area (TPSA) is 12.0 Å². The summed E-state index contributed by atoms with van der Waals surface area (Å²) in [5, 5.41) is 3.75. The maximum absolute atomic E-state index is 4.04. The summed E-state index contributed by atoms with van der Waals surface area (Å²) in [6, 6.07) is 11.7. The van der Waals surface area contributed by atoms with Gasteiger partial charge in [-0.25, -0.2) is 0 Å². The highest BCUT2D eigenvalue weighted by Crippen LogP contribution is 2.50. The summed E-state index contributed by atoms with van der Waals surface area (Å²) in [7, 11) is 0. The Hall–Kier alpha value is -1.08. The lowest BCUT2D eigenvalue weighted by Gasteiger charge is -2.19. The van der Waals surface area contributed by atoms with Gasteiger partial charge in [0.25, 0.3) is 0 Å². The minimum Gasteiger partial charge on any atom is -0.314 e. The summed E-state index contributed by atoms with van der Waals surface area (Å²) >= 11 is 0. The van der Waals surface area contributed by atoms with Crippen molar-refractivity contribution >= 4 is 0 Å². The van der Waals surface area contributed by atoms with Crippen molar-refractivity contribution in [1.29, 1.82) is 0 Å². The van der Waals surface area contributed by atoms with E-state index in [9.17, 15) is 0 Å². The van der Waals surface area contributed by atoms with Crippen molar-refractivity contribution in [1.82, 2.24) is 5.32 Å². The second-order valence-corrected chi connectivity index (χ2v) is 5.97. The summed E-state index contributed by atoms with van der Waals surface area (Å²) in [5.41, 5.74) is 2.83. The number of hydrogen-bond donors (Lipinski definition) is 1. The van der Waals surface area contributed by atoms with E-state index in [4.69, 9.17) is 0 Å². The molecule has 1 aromatic rings. The van der Waals surface area contributed by atoms with Gasteiger partial charge in [-0.3, -0.25) is 0 Å². The van der Waals surface area contributed by atoms with Crippen LogP contribution in [0.5, 0.6) is 0 Å². The Morgan fingerprint density at radius 2 is 2.11 bits per heavy atom. The average Bonchev–Trinajstić information content (AvgIpc) is 3.20. The number of rotatable bonds is 8. The highest BCUT2D eigenvalue weighted by Gasteiger charge is 2.42. The lowest BCUT2D eigenvalue weighted by Crippen LogP contribution is -2.32. The molecule has 104 valence electrons. The first-order valence-corrected chi connectivity index (χ1v) is 7.65. The monoisotopic (exact) mass is 257 g/mol. The summed E-state index contributed by atoms with van der Waals surface area (Å²) in [5.74, 6) is 1.61. The van der Waals surface area contributed by atoms with E-state index in [1.54, 1.807) is 0 Å². The van der Waals surface area contributed by atoms with Crippen LogP contribution in [0.15, 0.2) is 42.5 Å². The normalized spacial score (nSPS) is 23.1. The molecule has 0 bridgehead atoms. The van der Waals surface area contributed by atoms with Crippen molar-refractivity contribution in [3.8, 4) is 0 Å². The second-order valence-electron chi connectivity index (χ2n) is 5.97. The Morgan fingerprint density at radius 3 is 2.74 bits per heavy atom. The molecular formula is C18H27N.